The molecule has 2 aromatic carbocycles. The number of aromatic nitrogens is 2. The van der Waals surface area contributed by atoms with Crippen molar-refractivity contribution < 1.29 is 14.5 Å². The Morgan fingerprint density at radius 2 is 1.73 bits per heavy atom. The van der Waals surface area contributed by atoms with Crippen molar-refractivity contribution in [1.29, 1.82) is 0 Å². The second-order valence-corrected chi connectivity index (χ2v) is 6.68. The third kappa shape index (κ3) is 4.26. The number of ether oxygens (including phenoxy) is 1. The SMILES string of the molecule is O=C(Nc1ccc(-c2ccc(N3CCOCC3)nn2)cc1)c1ccccc1[N+](=O)[O-]. The van der Waals surface area contributed by atoms with Crippen molar-refractivity contribution in [3.63, 3.8) is 0 Å². The van der Waals surface area contributed by atoms with Gasteiger partial charge in [0.15, 0.2) is 5.82 Å². The Morgan fingerprint density at radius 3 is 2.40 bits per heavy atom. The Bertz CT molecular complexity index is 1050. The van der Waals surface area contributed by atoms with Crippen LogP contribution in [0.25, 0.3) is 11.3 Å². The zero-order valence-corrected chi connectivity index (χ0v) is 16.0. The van der Waals surface area contributed by atoms with Gasteiger partial charge in [-0.3, -0.25) is 14.9 Å². The molecule has 0 spiro atoms. The van der Waals surface area contributed by atoms with Gasteiger partial charge in [0.25, 0.3) is 11.6 Å². The van der Waals surface area contributed by atoms with Crippen molar-refractivity contribution in [2.24, 2.45) is 0 Å². The lowest BCUT2D eigenvalue weighted by atomic mass is 10.1. The lowest BCUT2D eigenvalue weighted by molar-refractivity contribution is -0.385. The van der Waals surface area contributed by atoms with Gasteiger partial charge in [0.2, 0.25) is 0 Å². The number of rotatable bonds is 5. The molecule has 9 nitrogen and oxygen atoms in total. The third-order valence-corrected chi connectivity index (χ3v) is 4.77. The minimum Gasteiger partial charge on any atom is -0.378 e. The summed E-state index contributed by atoms with van der Waals surface area (Å²) >= 11 is 0. The third-order valence-electron chi connectivity index (χ3n) is 4.77. The number of hydrogen-bond donors (Lipinski definition) is 1. The molecule has 0 atom stereocenters. The number of benzene rings is 2. The number of para-hydroxylation sites is 1. The Hall–Kier alpha value is -3.85. The Morgan fingerprint density at radius 1 is 1.00 bits per heavy atom. The highest BCUT2D eigenvalue weighted by Gasteiger charge is 2.19. The first kappa shape index (κ1) is 19.5. The summed E-state index contributed by atoms with van der Waals surface area (Å²) in [5, 5.41) is 22.4. The van der Waals surface area contributed by atoms with Crippen LogP contribution < -0.4 is 10.2 Å². The fourth-order valence-corrected chi connectivity index (χ4v) is 3.19. The maximum atomic E-state index is 12.4. The van der Waals surface area contributed by atoms with Crippen LogP contribution in [0, 0.1) is 10.1 Å². The fourth-order valence-electron chi connectivity index (χ4n) is 3.19. The summed E-state index contributed by atoms with van der Waals surface area (Å²) in [7, 11) is 0. The van der Waals surface area contributed by atoms with Crippen LogP contribution in [0.5, 0.6) is 0 Å². The van der Waals surface area contributed by atoms with Crippen LogP contribution in [0.2, 0.25) is 0 Å². The molecule has 152 valence electrons. The first-order valence-electron chi connectivity index (χ1n) is 9.43. The van der Waals surface area contributed by atoms with Crippen molar-refractivity contribution in [2.45, 2.75) is 0 Å². The predicted molar refractivity (Wildman–Crippen MR) is 112 cm³/mol. The van der Waals surface area contributed by atoms with Crippen LogP contribution in [0.1, 0.15) is 10.4 Å². The summed E-state index contributed by atoms with van der Waals surface area (Å²) in [6.07, 6.45) is 0. The van der Waals surface area contributed by atoms with Crippen molar-refractivity contribution in [3.05, 3.63) is 76.3 Å². The zero-order valence-electron chi connectivity index (χ0n) is 16.0. The molecule has 1 saturated heterocycles. The van der Waals surface area contributed by atoms with Crippen molar-refractivity contribution >= 4 is 23.1 Å². The van der Waals surface area contributed by atoms with Gasteiger partial charge in [-0.15, -0.1) is 10.2 Å². The molecule has 0 unspecified atom stereocenters. The van der Waals surface area contributed by atoms with Crippen LogP contribution in [-0.2, 0) is 4.74 Å². The highest BCUT2D eigenvalue weighted by molar-refractivity contribution is 6.07. The van der Waals surface area contributed by atoms with E-state index in [2.05, 4.69) is 20.4 Å². The van der Waals surface area contributed by atoms with Gasteiger partial charge in [0.1, 0.15) is 5.56 Å². The predicted octanol–water partition coefficient (Wildman–Crippen LogP) is 3.14. The summed E-state index contributed by atoms with van der Waals surface area (Å²) in [5.74, 6) is 0.278. The molecule has 0 aliphatic carbocycles. The molecule has 30 heavy (non-hydrogen) atoms. The fraction of sp³-hybridized carbons (Fsp3) is 0.190. The number of carbonyl (C=O) groups excluding carboxylic acids is 1. The van der Waals surface area contributed by atoms with Gasteiger partial charge >= 0.3 is 0 Å². The van der Waals surface area contributed by atoms with Crippen LogP contribution in [-0.4, -0.2) is 47.3 Å². The van der Waals surface area contributed by atoms with E-state index >= 15 is 0 Å². The highest BCUT2D eigenvalue weighted by Crippen LogP contribution is 2.23. The molecular formula is C21H19N5O4. The number of anilines is 2. The highest BCUT2D eigenvalue weighted by atomic mass is 16.6. The van der Waals surface area contributed by atoms with E-state index in [0.717, 1.165) is 24.5 Å². The molecule has 9 heteroatoms. The minimum absolute atomic E-state index is 0.0103. The summed E-state index contributed by atoms with van der Waals surface area (Å²) in [5.41, 5.74) is 1.86. The van der Waals surface area contributed by atoms with E-state index in [-0.39, 0.29) is 11.3 Å². The molecule has 1 N–H and O–H groups in total. The van der Waals surface area contributed by atoms with Crippen LogP contribution in [0.4, 0.5) is 17.2 Å². The topological polar surface area (TPSA) is 110 Å². The first-order valence-corrected chi connectivity index (χ1v) is 9.43. The van der Waals surface area contributed by atoms with Crippen LogP contribution in [0.15, 0.2) is 60.7 Å². The molecule has 3 aromatic rings. The number of morpholine rings is 1. The molecule has 0 radical (unpaired) electrons. The van der Waals surface area contributed by atoms with Crippen molar-refractivity contribution in [2.75, 3.05) is 36.5 Å². The van der Waals surface area contributed by atoms with Crippen LogP contribution in [0.3, 0.4) is 0 Å². The number of carbonyl (C=O) groups is 1. The molecule has 1 aromatic heterocycles. The largest absolute Gasteiger partial charge is 0.378 e. The monoisotopic (exact) mass is 405 g/mol. The van der Waals surface area contributed by atoms with E-state index in [4.69, 9.17) is 4.74 Å². The normalized spacial score (nSPS) is 13.7. The Kier molecular flexibility index (Phi) is 5.62. The van der Waals surface area contributed by atoms with Gasteiger partial charge < -0.3 is 15.0 Å². The van der Waals surface area contributed by atoms with Gasteiger partial charge in [-0.25, -0.2) is 0 Å². The van der Waals surface area contributed by atoms with Crippen molar-refractivity contribution in [1.82, 2.24) is 10.2 Å². The Balaban J connectivity index is 1.45. The summed E-state index contributed by atoms with van der Waals surface area (Å²) in [4.78, 5) is 25.1. The Labute approximate surface area is 172 Å². The van der Waals surface area contributed by atoms with E-state index in [1.807, 2.05) is 24.3 Å². The molecule has 1 aliphatic rings. The first-order chi connectivity index (χ1) is 14.6. The second-order valence-electron chi connectivity index (χ2n) is 6.68. The molecule has 2 heterocycles. The van der Waals surface area contributed by atoms with E-state index in [1.165, 1.54) is 18.2 Å². The number of amides is 1. The number of hydrogen-bond acceptors (Lipinski definition) is 7. The van der Waals surface area contributed by atoms with Crippen molar-refractivity contribution in [3.8, 4) is 11.3 Å². The standard InChI is InChI=1S/C21H19N5O4/c27-21(17-3-1-2-4-19(17)26(28)29)22-16-7-5-15(6-8-16)18-9-10-20(24-23-18)25-11-13-30-14-12-25/h1-10H,11-14H2,(H,22,27). The zero-order chi connectivity index (χ0) is 20.9. The minimum atomic E-state index is -0.572. The molecule has 4 rings (SSSR count). The van der Waals surface area contributed by atoms with Crippen LogP contribution >= 0.6 is 0 Å². The summed E-state index contributed by atoms with van der Waals surface area (Å²) in [6.45, 7) is 2.95. The quantitative estimate of drug-likeness (QED) is 0.513. The number of nitro groups is 1. The lowest BCUT2D eigenvalue weighted by Gasteiger charge is -2.27. The molecule has 1 aliphatic heterocycles. The average molecular weight is 405 g/mol. The van der Waals surface area contributed by atoms with E-state index in [9.17, 15) is 14.9 Å². The number of nitrogens with zero attached hydrogens (tertiary/aromatic N) is 4. The van der Waals surface area contributed by atoms with Gasteiger partial charge in [-0.2, -0.15) is 0 Å². The van der Waals surface area contributed by atoms with Gasteiger partial charge in [0.05, 0.1) is 23.8 Å². The molecular weight excluding hydrogens is 386 g/mol. The maximum absolute atomic E-state index is 12.4. The smallest absolute Gasteiger partial charge is 0.282 e. The second kappa shape index (κ2) is 8.66. The van der Waals surface area contributed by atoms with Gasteiger partial charge in [-0.1, -0.05) is 24.3 Å². The van der Waals surface area contributed by atoms with E-state index < -0.39 is 10.8 Å². The lowest BCUT2D eigenvalue weighted by Crippen LogP contribution is -2.36. The number of nitro benzene ring substituents is 1. The molecule has 1 amide bonds. The van der Waals surface area contributed by atoms with E-state index in [1.54, 1.807) is 18.2 Å². The van der Waals surface area contributed by atoms with Gasteiger partial charge in [0, 0.05) is 30.4 Å². The van der Waals surface area contributed by atoms with Gasteiger partial charge in [-0.05, 0) is 30.3 Å². The average Bonchev–Trinajstić information content (AvgIpc) is 2.80. The molecule has 0 saturated carbocycles. The summed E-state index contributed by atoms with van der Waals surface area (Å²) in [6, 6.07) is 16.7. The molecule has 1 fully saturated rings. The maximum Gasteiger partial charge on any atom is 0.282 e. The van der Waals surface area contributed by atoms with E-state index in [0.29, 0.717) is 24.6 Å². The summed E-state index contributed by atoms with van der Waals surface area (Å²) < 4.78 is 5.35. The molecule has 0 bridgehead atoms. The number of nitrogens with one attached hydrogen (secondary N) is 1.